The molecule has 0 spiro atoms. The molecule has 2 heterocycles. The Morgan fingerprint density at radius 2 is 1.70 bits per heavy atom. The zero-order valence-corrected chi connectivity index (χ0v) is 27.7. The number of carbonyl (C=O) groups is 3. The molecule has 4 rings (SSSR count). The molecular weight excluding hydrogens is 572 g/mol. The van der Waals surface area contributed by atoms with Gasteiger partial charge < -0.3 is 25.5 Å². The number of nitrogens with zero attached hydrogens (tertiary/aromatic N) is 3. The van der Waals surface area contributed by atoms with Crippen molar-refractivity contribution in [3.8, 4) is 0 Å². The molecule has 1 unspecified atom stereocenters. The van der Waals surface area contributed by atoms with Gasteiger partial charge in [0.15, 0.2) is 0 Å². The van der Waals surface area contributed by atoms with Crippen molar-refractivity contribution in [2.75, 3.05) is 27.2 Å². The van der Waals surface area contributed by atoms with Crippen LogP contribution in [0.5, 0.6) is 0 Å². The van der Waals surface area contributed by atoms with Crippen molar-refractivity contribution in [2.24, 2.45) is 5.73 Å². The number of aliphatic hydroxyl groups is 1. The Bertz CT molecular complexity index is 1410. The highest BCUT2D eigenvalue weighted by molar-refractivity contribution is 7.09. The molecule has 1 aliphatic rings. The van der Waals surface area contributed by atoms with Crippen molar-refractivity contribution in [2.45, 2.75) is 77.1 Å². The second-order valence-corrected chi connectivity index (χ2v) is 13.4. The van der Waals surface area contributed by atoms with Gasteiger partial charge in [0.1, 0.15) is 12.1 Å². The summed E-state index contributed by atoms with van der Waals surface area (Å²) in [5, 5.41) is 14.4. The van der Waals surface area contributed by atoms with Crippen molar-refractivity contribution < 1.29 is 19.5 Å². The zero-order chi connectivity index (χ0) is 32.4. The number of hydrogen-bond donors (Lipinski definition) is 2. The Kier molecular flexibility index (Phi) is 12.7. The number of likely N-dealkylation sites (tertiary alicyclic amines) is 1. The van der Waals surface area contributed by atoms with Crippen molar-refractivity contribution in [3.63, 3.8) is 0 Å². The Labute approximate surface area is 266 Å². The summed E-state index contributed by atoms with van der Waals surface area (Å²) in [4.78, 5) is 44.8. The molecule has 3 aromatic rings. The molecule has 0 aliphatic carbocycles. The molecule has 1 aromatic heterocycles. The van der Waals surface area contributed by atoms with E-state index in [1.165, 1.54) is 32.2 Å². The average Bonchev–Trinajstić information content (AvgIpc) is 3.51. The lowest BCUT2D eigenvalue weighted by Gasteiger charge is -2.37. The maximum absolute atomic E-state index is 13.4. The monoisotopic (exact) mass is 620 g/mol. The summed E-state index contributed by atoms with van der Waals surface area (Å²) in [6.45, 7) is 8.48. The van der Waals surface area contributed by atoms with E-state index >= 15 is 0 Å². The van der Waals surface area contributed by atoms with Crippen LogP contribution in [0.1, 0.15) is 50.5 Å². The summed E-state index contributed by atoms with van der Waals surface area (Å²) in [6, 6.07) is 17.4. The van der Waals surface area contributed by atoms with E-state index < -0.39 is 17.6 Å². The van der Waals surface area contributed by atoms with Crippen LogP contribution in [0.3, 0.4) is 0 Å². The minimum atomic E-state index is -0.736. The van der Waals surface area contributed by atoms with Crippen LogP contribution < -0.4 is 5.73 Å². The van der Waals surface area contributed by atoms with Crippen molar-refractivity contribution in [1.82, 2.24) is 14.7 Å². The highest BCUT2D eigenvalue weighted by atomic mass is 32.1. The number of rotatable bonds is 9. The van der Waals surface area contributed by atoms with Crippen molar-refractivity contribution in [3.05, 3.63) is 82.6 Å². The van der Waals surface area contributed by atoms with E-state index in [1.54, 1.807) is 43.3 Å². The van der Waals surface area contributed by atoms with Crippen LogP contribution >= 0.6 is 11.3 Å². The van der Waals surface area contributed by atoms with Crippen LogP contribution in [0, 0.1) is 6.92 Å². The fourth-order valence-electron chi connectivity index (χ4n) is 5.00. The first-order chi connectivity index (χ1) is 20.8. The van der Waals surface area contributed by atoms with Crippen molar-refractivity contribution in [1.29, 1.82) is 0 Å². The Hall–Kier alpha value is -3.53. The molecule has 2 atom stereocenters. The molecule has 8 nitrogen and oxygen atoms in total. The number of aliphatic hydroxyl groups excluding tert-OH is 1. The molecule has 3 N–H and O–H groups in total. The highest BCUT2D eigenvalue weighted by Gasteiger charge is 2.35. The molecule has 9 heteroatoms. The number of aryl methyl sites for hydroxylation is 1. The van der Waals surface area contributed by atoms with Crippen molar-refractivity contribution >= 4 is 39.8 Å². The molecule has 1 fully saturated rings. The lowest BCUT2D eigenvalue weighted by Crippen LogP contribution is -2.56. The number of amides is 3. The molecule has 0 radical (unpaired) electrons. The fraction of sp³-hybridized carbons (Fsp3) is 0.457. The summed E-state index contributed by atoms with van der Waals surface area (Å²) in [6.07, 6.45) is 4.79. The van der Waals surface area contributed by atoms with E-state index in [0.29, 0.717) is 38.8 Å². The summed E-state index contributed by atoms with van der Waals surface area (Å²) in [5.41, 5.74) is 6.85. The lowest BCUT2D eigenvalue weighted by atomic mass is 10.0. The number of fused-ring (bicyclic) bond motifs is 1. The smallest absolute Gasteiger partial charge is 0.246 e. The summed E-state index contributed by atoms with van der Waals surface area (Å²) in [5.74, 6) is -0.720. The van der Waals surface area contributed by atoms with E-state index in [-0.39, 0.29) is 23.8 Å². The van der Waals surface area contributed by atoms with Gasteiger partial charge in [0, 0.05) is 44.0 Å². The van der Waals surface area contributed by atoms with Gasteiger partial charge in [-0.3, -0.25) is 14.4 Å². The molecule has 0 saturated carbocycles. The lowest BCUT2D eigenvalue weighted by molar-refractivity contribution is -0.149. The Morgan fingerprint density at radius 3 is 2.32 bits per heavy atom. The van der Waals surface area contributed by atoms with Gasteiger partial charge in [-0.05, 0) is 75.3 Å². The van der Waals surface area contributed by atoms with E-state index in [1.807, 2.05) is 31.4 Å². The second-order valence-electron chi connectivity index (χ2n) is 12.4. The number of benzene rings is 2. The van der Waals surface area contributed by atoms with Gasteiger partial charge in [-0.25, -0.2) is 0 Å². The summed E-state index contributed by atoms with van der Waals surface area (Å²) in [7, 11) is 3.21. The molecule has 0 bridgehead atoms. The zero-order valence-electron chi connectivity index (χ0n) is 26.9. The molecular formula is C35H48N4O4S. The van der Waals surface area contributed by atoms with Gasteiger partial charge in [0.2, 0.25) is 17.7 Å². The van der Waals surface area contributed by atoms with Crippen LogP contribution in [-0.2, 0) is 20.8 Å². The van der Waals surface area contributed by atoms with Gasteiger partial charge in [-0.15, -0.1) is 11.3 Å². The van der Waals surface area contributed by atoms with Gasteiger partial charge in [0.25, 0.3) is 0 Å². The third-order valence-electron chi connectivity index (χ3n) is 7.95. The Morgan fingerprint density at radius 1 is 1.05 bits per heavy atom. The molecule has 1 saturated heterocycles. The van der Waals surface area contributed by atoms with Gasteiger partial charge in [-0.1, -0.05) is 60.2 Å². The molecule has 238 valence electrons. The van der Waals surface area contributed by atoms with E-state index in [4.69, 9.17) is 5.73 Å². The van der Waals surface area contributed by atoms with E-state index in [9.17, 15) is 19.5 Å². The number of nitrogens with two attached hydrogens (primary N) is 1. The summed E-state index contributed by atoms with van der Waals surface area (Å²) >= 11 is 1.54. The minimum Gasteiger partial charge on any atom is -0.393 e. The van der Waals surface area contributed by atoms with Crippen LogP contribution in [0.4, 0.5) is 0 Å². The minimum absolute atomic E-state index is 0.127. The number of thiophene rings is 1. The van der Waals surface area contributed by atoms with Crippen LogP contribution in [-0.4, -0.2) is 88.4 Å². The van der Waals surface area contributed by atoms with Gasteiger partial charge in [-0.2, -0.15) is 0 Å². The number of hydrogen-bond acceptors (Lipinski definition) is 6. The maximum Gasteiger partial charge on any atom is 0.246 e. The maximum atomic E-state index is 13.4. The number of carbonyl (C=O) groups excluding carboxylic acids is 3. The third-order valence-corrected chi connectivity index (χ3v) is 8.85. The molecule has 44 heavy (non-hydrogen) atoms. The first-order valence-corrected chi connectivity index (χ1v) is 16.1. The number of likely N-dealkylation sites (N-methyl/N-ethyl adjacent to an activating group) is 2. The normalized spacial score (nSPS) is 15.4. The highest BCUT2D eigenvalue weighted by Crippen LogP contribution is 2.20. The Balaban J connectivity index is 0.000000397. The van der Waals surface area contributed by atoms with Gasteiger partial charge >= 0.3 is 0 Å². The molecule has 2 aromatic carbocycles. The predicted molar refractivity (Wildman–Crippen MR) is 179 cm³/mol. The van der Waals surface area contributed by atoms with E-state index in [2.05, 4.69) is 49.4 Å². The fourth-order valence-corrected chi connectivity index (χ4v) is 5.74. The van der Waals surface area contributed by atoms with Gasteiger partial charge in [0.05, 0.1) is 6.10 Å². The SMILES string of the molecule is C[C@H](C(=O)N(C)C(Cc1cccs1)C(=O)N1CCC(O)CC1)N(C)C(=O)/C=C/CC(C)(C)N.Cc1ccc2ccccc2c1. The first kappa shape index (κ1) is 35.0. The standard InChI is InChI=1S/C24H38N4O4S.C11H10/c1-17(26(4)21(30)9-6-12-24(2,3)25)22(31)27(5)20(16-19-8-7-15-33-19)23(32)28-13-10-18(29)11-14-28;1-9-6-7-10-4-2-3-5-11(10)8-9/h6-9,15,17-18,20,29H,10-14,16,25H2,1-5H3;2-8H,1H3/b9-6+;/t17-,20?;/m1./s1. The average molecular weight is 621 g/mol. The number of piperidine rings is 1. The van der Waals surface area contributed by atoms with Crippen LogP contribution in [0.2, 0.25) is 0 Å². The molecule has 3 amide bonds. The topological polar surface area (TPSA) is 107 Å². The summed E-state index contributed by atoms with van der Waals surface area (Å²) < 4.78 is 0. The quantitative estimate of drug-likeness (QED) is 0.335. The molecule has 1 aliphatic heterocycles. The predicted octanol–water partition coefficient (Wildman–Crippen LogP) is 4.78. The second kappa shape index (κ2) is 16.0. The van der Waals surface area contributed by atoms with E-state index in [0.717, 1.165) is 4.88 Å². The third kappa shape index (κ3) is 10.3. The van der Waals surface area contributed by atoms with Crippen LogP contribution in [0.25, 0.3) is 10.8 Å². The van der Waals surface area contributed by atoms with Crippen LogP contribution in [0.15, 0.2) is 72.1 Å². The largest absolute Gasteiger partial charge is 0.393 e. The first-order valence-electron chi connectivity index (χ1n) is 15.2.